The van der Waals surface area contributed by atoms with Crippen LogP contribution in [0.5, 0.6) is 0 Å². The van der Waals surface area contributed by atoms with Crippen LogP contribution in [-0.4, -0.2) is 16.9 Å². The summed E-state index contributed by atoms with van der Waals surface area (Å²) in [5, 5.41) is 10.7. The normalized spacial score (nSPS) is 10.3. The highest BCUT2D eigenvalue weighted by Crippen LogP contribution is 2.18. The van der Waals surface area contributed by atoms with Gasteiger partial charge in [-0.3, -0.25) is 9.59 Å². The van der Waals surface area contributed by atoms with E-state index < -0.39 is 0 Å². The highest BCUT2D eigenvalue weighted by Gasteiger charge is 2.07. The Kier molecular flexibility index (Phi) is 5.78. The van der Waals surface area contributed by atoms with Gasteiger partial charge in [0.25, 0.3) is 5.91 Å². The van der Waals surface area contributed by atoms with Crippen LogP contribution >= 0.6 is 12.2 Å². The third-order valence-electron chi connectivity index (χ3n) is 3.99. The molecule has 0 unspecified atom stereocenters. The SMILES string of the molecule is CCC(=O)NC(=S)Nc1ccc(NC(=O)c2ccc3ccccc3c2)cc1. The summed E-state index contributed by atoms with van der Waals surface area (Å²) in [5.74, 6) is -0.320. The van der Waals surface area contributed by atoms with Crippen molar-refractivity contribution >= 4 is 51.3 Å². The molecule has 0 aliphatic carbocycles. The lowest BCUT2D eigenvalue weighted by Gasteiger charge is -2.10. The van der Waals surface area contributed by atoms with Crippen molar-refractivity contribution in [1.82, 2.24) is 5.32 Å². The molecular weight excluding hydrogens is 358 g/mol. The van der Waals surface area contributed by atoms with Crippen molar-refractivity contribution < 1.29 is 9.59 Å². The molecule has 0 atom stereocenters. The highest BCUT2D eigenvalue weighted by molar-refractivity contribution is 7.80. The third-order valence-corrected chi connectivity index (χ3v) is 4.19. The fourth-order valence-electron chi connectivity index (χ4n) is 2.55. The van der Waals surface area contributed by atoms with Crippen molar-refractivity contribution in [3.05, 3.63) is 72.3 Å². The molecule has 0 aliphatic heterocycles. The van der Waals surface area contributed by atoms with Crippen molar-refractivity contribution in [3.63, 3.8) is 0 Å². The zero-order valence-electron chi connectivity index (χ0n) is 14.8. The lowest BCUT2D eigenvalue weighted by Crippen LogP contribution is -2.33. The molecular formula is C21H19N3O2S. The molecule has 0 heterocycles. The lowest BCUT2D eigenvalue weighted by molar-refractivity contribution is -0.119. The topological polar surface area (TPSA) is 70.2 Å². The highest BCUT2D eigenvalue weighted by atomic mass is 32.1. The second-order valence-corrected chi connectivity index (χ2v) is 6.36. The van der Waals surface area contributed by atoms with Gasteiger partial charge in [-0.2, -0.15) is 0 Å². The van der Waals surface area contributed by atoms with Gasteiger partial charge in [0.2, 0.25) is 5.91 Å². The number of amides is 2. The third kappa shape index (κ3) is 4.89. The van der Waals surface area contributed by atoms with E-state index in [2.05, 4.69) is 16.0 Å². The second kappa shape index (κ2) is 8.42. The predicted molar refractivity (Wildman–Crippen MR) is 113 cm³/mol. The van der Waals surface area contributed by atoms with E-state index in [0.29, 0.717) is 17.7 Å². The van der Waals surface area contributed by atoms with Crippen LogP contribution in [-0.2, 0) is 4.79 Å². The first-order chi connectivity index (χ1) is 13.0. The van der Waals surface area contributed by atoms with Crippen LogP contribution in [0.25, 0.3) is 10.8 Å². The minimum absolute atomic E-state index is 0.147. The molecule has 0 spiro atoms. The largest absolute Gasteiger partial charge is 0.332 e. The molecule has 0 bridgehead atoms. The number of nitrogens with one attached hydrogen (secondary N) is 3. The average molecular weight is 377 g/mol. The molecule has 3 aromatic rings. The van der Waals surface area contributed by atoms with Crippen molar-refractivity contribution in [2.45, 2.75) is 13.3 Å². The van der Waals surface area contributed by atoms with Gasteiger partial charge in [-0.05, 0) is 59.4 Å². The van der Waals surface area contributed by atoms with Gasteiger partial charge in [0, 0.05) is 23.4 Å². The van der Waals surface area contributed by atoms with Crippen molar-refractivity contribution in [3.8, 4) is 0 Å². The lowest BCUT2D eigenvalue weighted by atomic mass is 10.1. The zero-order valence-corrected chi connectivity index (χ0v) is 15.6. The van der Waals surface area contributed by atoms with Gasteiger partial charge in [-0.1, -0.05) is 37.3 Å². The first-order valence-corrected chi connectivity index (χ1v) is 8.97. The number of carbonyl (C=O) groups is 2. The van der Waals surface area contributed by atoms with E-state index in [9.17, 15) is 9.59 Å². The zero-order chi connectivity index (χ0) is 19.2. The van der Waals surface area contributed by atoms with Gasteiger partial charge in [-0.25, -0.2) is 0 Å². The molecule has 3 rings (SSSR count). The summed E-state index contributed by atoms with van der Waals surface area (Å²) in [5.41, 5.74) is 1.99. The second-order valence-electron chi connectivity index (χ2n) is 5.95. The smallest absolute Gasteiger partial charge is 0.255 e. The number of carbonyl (C=O) groups excluding carboxylic acids is 2. The Bertz CT molecular complexity index is 1000. The molecule has 3 aromatic carbocycles. The van der Waals surface area contributed by atoms with Crippen molar-refractivity contribution in [2.75, 3.05) is 10.6 Å². The van der Waals surface area contributed by atoms with Crippen molar-refractivity contribution in [2.24, 2.45) is 0 Å². The van der Waals surface area contributed by atoms with E-state index in [4.69, 9.17) is 12.2 Å². The van der Waals surface area contributed by atoms with Gasteiger partial charge >= 0.3 is 0 Å². The molecule has 0 radical (unpaired) electrons. The maximum Gasteiger partial charge on any atom is 0.255 e. The summed E-state index contributed by atoms with van der Waals surface area (Å²) in [6.45, 7) is 1.75. The summed E-state index contributed by atoms with van der Waals surface area (Å²) < 4.78 is 0. The van der Waals surface area contributed by atoms with E-state index in [0.717, 1.165) is 16.5 Å². The van der Waals surface area contributed by atoms with Crippen LogP contribution in [0.15, 0.2) is 66.7 Å². The minimum Gasteiger partial charge on any atom is -0.332 e. The number of fused-ring (bicyclic) bond motifs is 1. The molecule has 0 fully saturated rings. The Morgan fingerprint density at radius 2 is 1.48 bits per heavy atom. The Morgan fingerprint density at radius 3 is 2.15 bits per heavy atom. The molecule has 0 aliphatic rings. The summed E-state index contributed by atoms with van der Waals surface area (Å²) in [6, 6.07) is 20.6. The van der Waals surface area contributed by atoms with E-state index in [-0.39, 0.29) is 16.9 Å². The number of thiocarbonyl (C=S) groups is 1. The van der Waals surface area contributed by atoms with Crippen LogP contribution in [0.3, 0.4) is 0 Å². The van der Waals surface area contributed by atoms with Crippen LogP contribution in [0.2, 0.25) is 0 Å². The van der Waals surface area contributed by atoms with E-state index in [1.807, 2.05) is 42.5 Å². The maximum absolute atomic E-state index is 12.5. The Labute approximate surface area is 162 Å². The van der Waals surface area contributed by atoms with Crippen LogP contribution in [0.4, 0.5) is 11.4 Å². The Morgan fingerprint density at radius 1 is 0.852 bits per heavy atom. The maximum atomic E-state index is 12.5. The molecule has 0 aromatic heterocycles. The molecule has 136 valence electrons. The minimum atomic E-state index is -0.174. The fourth-order valence-corrected chi connectivity index (χ4v) is 2.78. The summed E-state index contributed by atoms with van der Waals surface area (Å²) >= 11 is 5.07. The quantitative estimate of drug-likeness (QED) is 0.593. The van der Waals surface area contributed by atoms with Crippen LogP contribution < -0.4 is 16.0 Å². The monoisotopic (exact) mass is 377 g/mol. The fraction of sp³-hybridized carbons (Fsp3) is 0.0952. The number of hydrogen-bond donors (Lipinski definition) is 3. The van der Waals surface area contributed by atoms with Gasteiger partial charge in [-0.15, -0.1) is 0 Å². The van der Waals surface area contributed by atoms with Gasteiger partial charge in [0.1, 0.15) is 0 Å². The molecule has 3 N–H and O–H groups in total. The first-order valence-electron chi connectivity index (χ1n) is 8.56. The molecule has 0 saturated carbocycles. The van der Waals surface area contributed by atoms with Gasteiger partial charge in [0.15, 0.2) is 5.11 Å². The van der Waals surface area contributed by atoms with Gasteiger partial charge in [0.05, 0.1) is 0 Å². The molecule has 0 saturated heterocycles. The standard InChI is InChI=1S/C21H19N3O2S/c1-2-19(25)24-21(27)23-18-11-9-17(10-12-18)22-20(26)16-8-7-14-5-3-4-6-15(14)13-16/h3-13H,2H2,1H3,(H,22,26)(H2,23,24,25,27). The summed E-state index contributed by atoms with van der Waals surface area (Å²) in [6.07, 6.45) is 0.363. The summed E-state index contributed by atoms with van der Waals surface area (Å²) in [7, 11) is 0. The summed E-state index contributed by atoms with van der Waals surface area (Å²) in [4.78, 5) is 23.8. The predicted octanol–water partition coefficient (Wildman–Crippen LogP) is 4.32. The number of benzene rings is 3. The Balaban J connectivity index is 1.64. The number of hydrogen-bond acceptors (Lipinski definition) is 3. The molecule has 2 amide bonds. The van der Waals surface area contributed by atoms with Crippen LogP contribution in [0.1, 0.15) is 23.7 Å². The first kappa shape index (κ1) is 18.5. The average Bonchev–Trinajstić information content (AvgIpc) is 2.68. The Hall–Kier alpha value is -3.25. The molecule has 6 heteroatoms. The number of anilines is 2. The molecule has 27 heavy (non-hydrogen) atoms. The van der Waals surface area contributed by atoms with E-state index in [1.54, 1.807) is 31.2 Å². The van der Waals surface area contributed by atoms with E-state index in [1.165, 1.54) is 0 Å². The van der Waals surface area contributed by atoms with Crippen molar-refractivity contribution in [1.29, 1.82) is 0 Å². The van der Waals surface area contributed by atoms with Gasteiger partial charge < -0.3 is 16.0 Å². The number of rotatable bonds is 4. The molecule has 5 nitrogen and oxygen atoms in total. The van der Waals surface area contributed by atoms with Crippen LogP contribution in [0, 0.1) is 0 Å². The van der Waals surface area contributed by atoms with E-state index >= 15 is 0 Å².